The van der Waals surface area contributed by atoms with Crippen molar-refractivity contribution in [1.29, 1.82) is 0 Å². The minimum absolute atomic E-state index is 0.00369. The van der Waals surface area contributed by atoms with Crippen LogP contribution < -0.4 is 5.46 Å². The summed E-state index contributed by atoms with van der Waals surface area (Å²) in [6.45, 7) is 0. The first-order valence-corrected chi connectivity index (χ1v) is 20.7. The van der Waals surface area contributed by atoms with E-state index in [1.807, 2.05) is 66.7 Å². The molecule has 344 valence electrons. The van der Waals surface area contributed by atoms with Crippen LogP contribution >= 0.6 is 0 Å². The Balaban J connectivity index is 1.27. The molecule has 0 aliphatic heterocycles. The van der Waals surface area contributed by atoms with E-state index in [1.54, 1.807) is 12.1 Å². The molecular weight excluding hydrogens is 907 g/mol. The van der Waals surface area contributed by atoms with Crippen LogP contribution in [0.5, 0.6) is 92.0 Å². The Morgan fingerprint density at radius 2 is 0.614 bits per heavy atom. The molecule has 16 N–H and O–H groups in total. The zero-order valence-electron chi connectivity index (χ0n) is 35.3. The molecule has 0 amide bonds. The van der Waals surface area contributed by atoms with Crippen LogP contribution in [0, 0.1) is 0 Å². The van der Waals surface area contributed by atoms with E-state index in [0.29, 0.717) is 16.7 Å². The van der Waals surface area contributed by atoms with Gasteiger partial charge in [0.05, 0.1) is 0 Å². The fraction of sp³-hybridized carbons (Fsp3) is 0. The Hall–Kier alpha value is -10.1. The van der Waals surface area contributed by atoms with Gasteiger partial charge in [0.25, 0.3) is 0 Å². The zero-order chi connectivity index (χ0) is 49.7. The molecule has 0 aliphatic rings. The number of hydrogen-bond acceptors (Lipinski definition) is 17. The van der Waals surface area contributed by atoms with Gasteiger partial charge in [-0.1, -0.05) is 78.3 Å². The second-order valence-electron chi connectivity index (χ2n) is 16.5. The van der Waals surface area contributed by atoms with Crippen molar-refractivity contribution < 1.29 is 86.1 Å². The topological polar surface area (TPSA) is 337 Å². The second kappa shape index (κ2) is 14.5. The molecule has 0 saturated carbocycles. The molecule has 0 unspecified atom stereocenters. The lowest BCUT2D eigenvalue weighted by Crippen LogP contribution is -2.11. The molecule has 0 bridgehead atoms. The van der Waals surface area contributed by atoms with Crippen molar-refractivity contribution in [1.82, 2.24) is 0 Å². The molecule has 11 rings (SSSR count). The third-order valence-corrected chi connectivity index (χ3v) is 13.0. The third-order valence-electron chi connectivity index (χ3n) is 13.0. The quantitative estimate of drug-likeness (QED) is 0.0257. The molecule has 17 nitrogen and oxygen atoms in total. The third kappa shape index (κ3) is 5.37. The Bertz CT molecular complexity index is 4120. The first-order chi connectivity index (χ1) is 33.4. The van der Waals surface area contributed by atoms with Crippen LogP contribution in [0.2, 0.25) is 0 Å². The minimum atomic E-state index is -1.46. The van der Waals surface area contributed by atoms with E-state index < -0.39 is 157 Å². The molecule has 0 aliphatic carbocycles. The van der Waals surface area contributed by atoms with E-state index >= 15 is 0 Å². The smallest absolute Gasteiger partial charge is 0.204 e. The Morgan fingerprint density at radius 3 is 1.11 bits per heavy atom. The average molecular weight is 939 g/mol. The summed E-state index contributed by atoms with van der Waals surface area (Å²) in [5, 5.41) is 176. The lowest BCUT2D eigenvalue weighted by atomic mass is 9.74. The van der Waals surface area contributed by atoms with Crippen molar-refractivity contribution in [2.24, 2.45) is 0 Å². The van der Waals surface area contributed by atoms with Crippen molar-refractivity contribution >= 4 is 78.3 Å². The summed E-state index contributed by atoms with van der Waals surface area (Å²) >= 11 is 0. The largest absolute Gasteiger partial charge is 0.504 e. The summed E-state index contributed by atoms with van der Waals surface area (Å²) in [6.07, 6.45) is 0. The van der Waals surface area contributed by atoms with Crippen LogP contribution in [0.25, 0.3) is 110 Å². The molecule has 11 aromatic rings. The number of hydrogen-bond donors (Lipinski definition) is 16. The molecule has 0 fully saturated rings. The molecule has 0 atom stereocenters. The number of para-hydroxylation sites is 1. The van der Waals surface area contributed by atoms with Crippen molar-refractivity contribution in [2.75, 3.05) is 0 Å². The monoisotopic (exact) mass is 938 g/mol. The molecule has 70 heavy (non-hydrogen) atoms. The van der Waals surface area contributed by atoms with Gasteiger partial charge < -0.3 is 86.1 Å². The summed E-state index contributed by atoms with van der Waals surface area (Å²) in [7, 11) is 6.71. The van der Waals surface area contributed by atoms with Crippen LogP contribution in [0.1, 0.15) is 0 Å². The number of rotatable bonds is 4. The van der Waals surface area contributed by atoms with E-state index in [2.05, 4.69) is 0 Å². The predicted octanol–water partition coefficient (Wildman–Crippen LogP) is 8.95. The SMILES string of the molecule is [B]c1c(-c2c3c(O)c(O)c(O)c(O)c3c(-c3ccc(-c4ccccc4-c4ccc5oc6ccccc6c5c4)cc3)c3c(O)c(O)c(O)c(O)c23)c2c(O)c(O)c(O)c(O)c2c2c(O)c(O)c(O)c(O)c12. The van der Waals surface area contributed by atoms with E-state index in [0.717, 1.165) is 27.5 Å². The minimum Gasteiger partial charge on any atom is -0.504 e. The maximum absolute atomic E-state index is 12.0. The van der Waals surface area contributed by atoms with Gasteiger partial charge in [-0.3, -0.25) is 0 Å². The number of phenolic OH excluding ortho intramolecular Hbond substituents is 16. The fourth-order valence-corrected chi connectivity index (χ4v) is 9.76. The van der Waals surface area contributed by atoms with Crippen LogP contribution in [0.3, 0.4) is 0 Å². The molecular formula is C52H31BO17. The summed E-state index contributed by atoms with van der Waals surface area (Å²) < 4.78 is 6.03. The number of phenols is 16. The molecule has 0 saturated heterocycles. The second-order valence-corrected chi connectivity index (χ2v) is 16.5. The zero-order valence-corrected chi connectivity index (χ0v) is 35.3. The van der Waals surface area contributed by atoms with E-state index in [1.165, 1.54) is 12.1 Å². The average Bonchev–Trinajstić information content (AvgIpc) is 3.75. The summed E-state index contributed by atoms with van der Waals surface area (Å²) in [4.78, 5) is 0. The highest BCUT2D eigenvalue weighted by Crippen LogP contribution is 2.65. The maximum Gasteiger partial charge on any atom is 0.204 e. The van der Waals surface area contributed by atoms with Crippen LogP contribution in [-0.2, 0) is 0 Å². The summed E-state index contributed by atoms with van der Waals surface area (Å²) in [6, 6.07) is 27.0. The van der Waals surface area contributed by atoms with Gasteiger partial charge in [0.1, 0.15) is 19.0 Å². The van der Waals surface area contributed by atoms with Gasteiger partial charge in [-0.15, -0.1) is 0 Å². The van der Waals surface area contributed by atoms with E-state index in [4.69, 9.17) is 12.3 Å². The first-order valence-electron chi connectivity index (χ1n) is 20.7. The summed E-state index contributed by atoms with van der Waals surface area (Å²) in [5.74, 6) is -21.8. The lowest BCUT2D eigenvalue weighted by Gasteiger charge is -2.26. The molecule has 1 aromatic heterocycles. The Kier molecular flexibility index (Phi) is 8.78. The van der Waals surface area contributed by atoms with Gasteiger partial charge in [0.2, 0.25) is 46.0 Å². The molecule has 2 radical (unpaired) electrons. The predicted molar refractivity (Wildman–Crippen MR) is 258 cm³/mol. The van der Waals surface area contributed by atoms with E-state index in [-0.39, 0.29) is 5.56 Å². The number of fused-ring (bicyclic) bond motifs is 8. The maximum atomic E-state index is 12.0. The van der Waals surface area contributed by atoms with Crippen molar-refractivity contribution in [3.8, 4) is 136 Å². The number of benzene rings is 10. The van der Waals surface area contributed by atoms with Crippen LogP contribution in [-0.4, -0.2) is 89.6 Å². The summed E-state index contributed by atoms with van der Waals surface area (Å²) in [5.41, 5.74) is 1.22. The molecule has 10 aromatic carbocycles. The number of aromatic hydroxyl groups is 16. The van der Waals surface area contributed by atoms with Crippen molar-refractivity contribution in [2.45, 2.75) is 0 Å². The highest BCUT2D eigenvalue weighted by atomic mass is 16.4. The van der Waals surface area contributed by atoms with Crippen molar-refractivity contribution in [3.63, 3.8) is 0 Å². The van der Waals surface area contributed by atoms with Gasteiger partial charge in [-0.2, -0.15) is 0 Å². The normalized spacial score (nSPS) is 11.8. The van der Waals surface area contributed by atoms with Gasteiger partial charge in [-0.05, 0) is 51.6 Å². The molecule has 0 spiro atoms. The Morgan fingerprint density at radius 1 is 0.271 bits per heavy atom. The molecule has 1 heterocycles. The van der Waals surface area contributed by atoms with Crippen LogP contribution in [0.4, 0.5) is 0 Å². The van der Waals surface area contributed by atoms with Gasteiger partial charge >= 0.3 is 0 Å². The van der Waals surface area contributed by atoms with Gasteiger partial charge in [-0.25, -0.2) is 0 Å². The lowest BCUT2D eigenvalue weighted by molar-refractivity contribution is 0.349. The van der Waals surface area contributed by atoms with E-state index in [9.17, 15) is 81.7 Å². The van der Waals surface area contributed by atoms with Gasteiger partial charge in [0, 0.05) is 65.0 Å². The highest BCUT2D eigenvalue weighted by Gasteiger charge is 2.37. The highest BCUT2D eigenvalue weighted by molar-refractivity contribution is 6.50. The van der Waals surface area contributed by atoms with Gasteiger partial charge in [0.15, 0.2) is 46.0 Å². The Labute approximate surface area is 390 Å². The molecule has 18 heteroatoms. The fourth-order valence-electron chi connectivity index (χ4n) is 9.76. The van der Waals surface area contributed by atoms with Crippen LogP contribution in [0.15, 0.2) is 95.4 Å². The number of furan rings is 1. The first kappa shape index (κ1) is 42.5. The van der Waals surface area contributed by atoms with Crippen molar-refractivity contribution in [3.05, 3.63) is 91.0 Å². The standard InChI is InChI=1S/C52H31BO17/c53-36-27(32-33(42(59)50(67)49(66)41(32)58)34-35(36)44(61)52(69)51(68)43(34)60)26-30-28(37(54)45(62)47(64)39(30)56)25(29-31(26)40(57)48(65)46(63)38(29)55)17-11-9-16(10-12-17)19-5-1-2-6-20(19)18-13-14-24-22(15-18)21-7-3-4-8-23(21)70-24/h1-15,54-69H.